The first-order chi connectivity index (χ1) is 17.0. The van der Waals surface area contributed by atoms with Gasteiger partial charge in [0.2, 0.25) is 21.6 Å². The number of rotatable bonds is 10. The zero-order valence-corrected chi connectivity index (χ0v) is 25.8. The number of nitrogens with zero attached hydrogens (tertiary/aromatic N) is 1. The fourth-order valence-corrected chi connectivity index (χ4v) is 15.3. The summed E-state index contributed by atoms with van der Waals surface area (Å²) in [6, 6.07) is 0. The maximum Gasteiger partial charge on any atom is 0.360 e. The van der Waals surface area contributed by atoms with Crippen LogP contribution in [0.1, 0.15) is 6.42 Å². The SMILES string of the molecule is NC(P(=O)(O)O)P(=O)(O)O.O=P(O)(O)C(N(C(P(=O)(O)O)P(=O)(O)O)C1(P(=O)(O)O)CCOP1(=O)O)P(=O)(O)O. The van der Waals surface area contributed by atoms with Crippen molar-refractivity contribution in [3.63, 3.8) is 0 Å². The van der Waals surface area contributed by atoms with Crippen molar-refractivity contribution >= 4 is 60.8 Å². The third-order valence-corrected chi connectivity index (χ3v) is 19.4. The Balaban J connectivity index is 0.00000129. The van der Waals surface area contributed by atoms with Crippen LogP contribution in [0, 0.1) is 0 Å². The van der Waals surface area contributed by atoms with Gasteiger partial charge in [0, 0.05) is 6.42 Å². The molecule has 1 heterocycles. The summed E-state index contributed by atoms with van der Waals surface area (Å²) in [4.78, 5) is 136. The lowest BCUT2D eigenvalue weighted by molar-refractivity contribution is 0.143. The molecular formula is C6H24N2O24P8. The second-order valence-electron chi connectivity index (χ2n) is 7.47. The third kappa shape index (κ3) is 9.56. The molecule has 0 saturated carbocycles. The van der Waals surface area contributed by atoms with Crippen LogP contribution >= 0.6 is 60.8 Å². The first kappa shape index (κ1) is 41.1. The highest BCUT2D eigenvalue weighted by Gasteiger charge is 2.77. The van der Waals surface area contributed by atoms with Gasteiger partial charge in [-0.3, -0.25) is 36.5 Å². The lowest BCUT2D eigenvalue weighted by atomic mass is 10.4. The lowest BCUT2D eigenvalue weighted by Crippen LogP contribution is -2.56. The minimum absolute atomic E-state index is 1.18. The van der Waals surface area contributed by atoms with Crippen molar-refractivity contribution in [1.29, 1.82) is 0 Å². The normalized spacial score (nSPS) is 24.1. The first-order valence-corrected chi connectivity index (χ1v) is 22.1. The zero-order chi connectivity index (χ0) is 32.9. The van der Waals surface area contributed by atoms with Crippen LogP contribution in [0.5, 0.6) is 0 Å². The summed E-state index contributed by atoms with van der Waals surface area (Å²) in [5.41, 5.74) is -6.06. The van der Waals surface area contributed by atoms with E-state index in [2.05, 4.69) is 10.3 Å². The maximum absolute atomic E-state index is 12.5. The van der Waals surface area contributed by atoms with E-state index >= 15 is 0 Å². The van der Waals surface area contributed by atoms with Crippen molar-refractivity contribution in [3.8, 4) is 0 Å². The summed E-state index contributed by atoms with van der Waals surface area (Å²) in [5, 5.41) is -4.26. The maximum atomic E-state index is 12.5. The Kier molecular flexibility index (Phi) is 12.8. The Morgan fingerprint density at radius 3 is 1.02 bits per heavy atom. The predicted molar refractivity (Wildman–Crippen MR) is 125 cm³/mol. The van der Waals surface area contributed by atoms with Gasteiger partial charge in [0.05, 0.1) is 6.61 Å². The van der Waals surface area contributed by atoms with E-state index in [1.165, 1.54) is 0 Å². The quantitative estimate of drug-likeness (QED) is 0.0965. The Labute approximate surface area is 220 Å². The van der Waals surface area contributed by atoms with Gasteiger partial charge in [0.1, 0.15) is 0 Å². The van der Waals surface area contributed by atoms with E-state index in [0.717, 1.165) is 0 Å². The van der Waals surface area contributed by atoms with Gasteiger partial charge in [0.25, 0.3) is 0 Å². The second kappa shape index (κ2) is 12.5. The van der Waals surface area contributed by atoms with Gasteiger partial charge < -0.3 is 83.7 Å². The monoisotopic (exact) mass is 756 g/mol. The van der Waals surface area contributed by atoms with E-state index in [0.29, 0.717) is 0 Å². The molecule has 1 fully saturated rings. The number of hydrogen-bond acceptors (Lipinski definition) is 11. The Morgan fingerprint density at radius 1 is 0.625 bits per heavy atom. The van der Waals surface area contributed by atoms with Crippen LogP contribution in [-0.2, 0) is 41.0 Å². The van der Waals surface area contributed by atoms with Crippen molar-refractivity contribution in [2.45, 2.75) is 28.0 Å². The lowest BCUT2D eigenvalue weighted by Gasteiger charge is -2.47. The molecule has 1 aliphatic rings. The van der Waals surface area contributed by atoms with E-state index < -0.39 is 100 Å². The molecule has 34 heteroatoms. The molecule has 242 valence electrons. The van der Waals surface area contributed by atoms with Crippen molar-refractivity contribution in [2.75, 3.05) is 6.61 Å². The van der Waals surface area contributed by atoms with Crippen molar-refractivity contribution in [3.05, 3.63) is 0 Å². The van der Waals surface area contributed by atoms with E-state index in [1.54, 1.807) is 0 Å². The van der Waals surface area contributed by atoms with Gasteiger partial charge >= 0.3 is 60.8 Å². The second-order valence-corrected chi connectivity index (χ2v) is 23.1. The Bertz CT molecular complexity index is 1200. The number of hydrogen-bond donors (Lipinski definition) is 16. The molecule has 2 unspecified atom stereocenters. The fourth-order valence-electron chi connectivity index (χ4n) is 3.01. The number of nitrogens with two attached hydrogens (primary N) is 1. The standard InChI is InChI=1S/C5H17NO18P6.CH7NO6P2/c7-25(8,9)3(26(10,11)12)6(4(27(13,14)15)28(16,17)18)5(29(19,20)21)1-2-24-30(5,22)23;2-1(9(3,4)5)10(6,7)8/h3-4H,1-2H2,(H,22,23)(H2,7,8,9)(H2,10,11,12)(H2,13,14,15)(H2,16,17,18)(H2,19,20,21);1H,2H2,(H2,3,4,5)(H2,6,7,8). The van der Waals surface area contributed by atoms with E-state index in [-0.39, 0.29) is 0 Å². The predicted octanol–water partition coefficient (Wildman–Crippen LogP) is -3.41. The molecular weight excluding hydrogens is 732 g/mol. The largest absolute Gasteiger partial charge is 0.360 e. The molecule has 17 N–H and O–H groups in total. The molecule has 26 nitrogen and oxygen atoms in total. The van der Waals surface area contributed by atoms with Gasteiger partial charge in [-0.15, -0.1) is 0 Å². The molecule has 0 aliphatic carbocycles. The fraction of sp³-hybridized carbons (Fsp3) is 1.00. The molecule has 0 aromatic carbocycles. The van der Waals surface area contributed by atoms with Gasteiger partial charge in [-0.25, -0.2) is 4.90 Å². The topological polar surface area (TPSA) is 479 Å². The van der Waals surface area contributed by atoms with E-state index in [9.17, 15) is 90.3 Å². The van der Waals surface area contributed by atoms with E-state index in [1.807, 2.05) is 0 Å². The highest BCUT2D eigenvalue weighted by Crippen LogP contribution is 2.83. The average molecular weight is 756 g/mol. The van der Waals surface area contributed by atoms with Crippen LogP contribution < -0.4 is 5.73 Å². The molecule has 1 rings (SSSR count). The van der Waals surface area contributed by atoms with Crippen LogP contribution in [0.15, 0.2) is 0 Å². The molecule has 0 spiro atoms. The van der Waals surface area contributed by atoms with Crippen molar-refractivity contribution < 1.29 is 114 Å². The molecule has 0 radical (unpaired) electrons. The molecule has 0 aromatic heterocycles. The van der Waals surface area contributed by atoms with Gasteiger partial charge in [0.15, 0.2) is 0 Å². The summed E-state index contributed by atoms with van der Waals surface area (Å²) in [6.07, 6.45) is -1.57. The van der Waals surface area contributed by atoms with E-state index in [4.69, 9.17) is 19.6 Å². The van der Waals surface area contributed by atoms with Crippen LogP contribution in [-0.4, -0.2) is 107 Å². The summed E-state index contributed by atoms with van der Waals surface area (Å²) in [5.74, 6) is 0. The summed E-state index contributed by atoms with van der Waals surface area (Å²) in [6.45, 7) is -1.18. The summed E-state index contributed by atoms with van der Waals surface area (Å²) in [7, 11) is -48.4. The molecule has 0 aromatic rings. The van der Waals surface area contributed by atoms with Crippen LogP contribution in [0.25, 0.3) is 0 Å². The minimum Gasteiger partial charge on any atom is -0.323 e. The van der Waals surface area contributed by atoms with Gasteiger partial charge in [-0.2, -0.15) is 0 Å². The highest BCUT2D eigenvalue weighted by atomic mass is 31.3. The molecule has 0 amide bonds. The Hall–Kier alpha value is 1.12. The Morgan fingerprint density at radius 2 is 0.900 bits per heavy atom. The first-order valence-electron chi connectivity index (χ1n) is 8.86. The summed E-state index contributed by atoms with van der Waals surface area (Å²) >= 11 is 0. The van der Waals surface area contributed by atoms with Gasteiger partial charge in [-0.05, 0) is 0 Å². The third-order valence-electron chi connectivity index (χ3n) is 4.43. The molecule has 1 saturated heterocycles. The average Bonchev–Trinajstić information content (AvgIpc) is 2.90. The smallest absolute Gasteiger partial charge is 0.323 e. The molecule has 1 aliphatic heterocycles. The van der Waals surface area contributed by atoms with Crippen LogP contribution in [0.4, 0.5) is 0 Å². The van der Waals surface area contributed by atoms with Gasteiger partial charge in [-0.1, -0.05) is 0 Å². The molecule has 0 bridgehead atoms. The molecule has 40 heavy (non-hydrogen) atoms. The van der Waals surface area contributed by atoms with Crippen LogP contribution in [0.3, 0.4) is 0 Å². The van der Waals surface area contributed by atoms with Crippen LogP contribution in [0.2, 0.25) is 0 Å². The summed E-state index contributed by atoms with van der Waals surface area (Å²) < 4.78 is 96.1. The zero-order valence-electron chi connectivity index (χ0n) is 18.6. The van der Waals surface area contributed by atoms with Crippen molar-refractivity contribution in [2.24, 2.45) is 5.73 Å². The minimum atomic E-state index is -6.52. The molecule has 2 atom stereocenters. The highest BCUT2D eigenvalue weighted by molar-refractivity contribution is 7.75. The van der Waals surface area contributed by atoms with Crippen molar-refractivity contribution in [1.82, 2.24) is 4.90 Å².